The maximum atomic E-state index is 13.2. The number of aryl methyl sites for hydroxylation is 1. The van der Waals surface area contributed by atoms with E-state index in [1.165, 1.54) is 24.0 Å². The number of amides is 1. The van der Waals surface area contributed by atoms with Gasteiger partial charge >= 0.3 is 0 Å². The third-order valence-corrected chi connectivity index (χ3v) is 6.95. The molecule has 28 heavy (non-hydrogen) atoms. The molecule has 3 nitrogen and oxygen atoms in total. The standard InChI is InChI=1S/C23H26Cl2N2O/c1-26(22(28)15-16-8-10-19(24)20(25)14-16)23-18-7-3-2-6-17(18)9-11-21(23)27-12-4-5-13-27/h2-3,6-8,10,14,21,23H,4-5,9,11-13,15H2,1H3. The topological polar surface area (TPSA) is 23.6 Å². The van der Waals surface area contributed by atoms with E-state index in [0.717, 1.165) is 31.5 Å². The SMILES string of the molecule is CN(C(=O)Cc1ccc(Cl)c(Cl)c1)C1c2ccccc2CCC1N1CCCC1. The maximum absolute atomic E-state index is 13.2. The molecule has 5 heteroatoms. The number of hydrogen-bond donors (Lipinski definition) is 0. The zero-order chi connectivity index (χ0) is 19.7. The van der Waals surface area contributed by atoms with Gasteiger partial charge in [0, 0.05) is 13.1 Å². The summed E-state index contributed by atoms with van der Waals surface area (Å²) in [5, 5.41) is 1.01. The van der Waals surface area contributed by atoms with E-state index in [4.69, 9.17) is 23.2 Å². The molecule has 1 aliphatic heterocycles. The molecule has 0 spiro atoms. The second-order valence-corrected chi connectivity index (χ2v) is 8.74. The number of nitrogens with zero attached hydrogens (tertiary/aromatic N) is 2. The molecule has 2 aromatic carbocycles. The van der Waals surface area contributed by atoms with Crippen LogP contribution in [0.2, 0.25) is 10.0 Å². The van der Waals surface area contributed by atoms with Crippen LogP contribution in [0.5, 0.6) is 0 Å². The first kappa shape index (κ1) is 19.8. The van der Waals surface area contributed by atoms with E-state index in [9.17, 15) is 4.79 Å². The van der Waals surface area contributed by atoms with Gasteiger partial charge in [-0.3, -0.25) is 9.69 Å². The summed E-state index contributed by atoms with van der Waals surface area (Å²) in [6.45, 7) is 2.27. The first-order chi connectivity index (χ1) is 13.5. The summed E-state index contributed by atoms with van der Waals surface area (Å²) < 4.78 is 0. The smallest absolute Gasteiger partial charge is 0.227 e. The van der Waals surface area contributed by atoms with E-state index in [2.05, 4.69) is 29.2 Å². The first-order valence-corrected chi connectivity index (χ1v) is 10.8. The monoisotopic (exact) mass is 416 g/mol. The Morgan fingerprint density at radius 1 is 1.11 bits per heavy atom. The number of carbonyl (C=O) groups excluding carboxylic acids is 1. The molecule has 0 aromatic heterocycles. The highest BCUT2D eigenvalue weighted by Crippen LogP contribution is 2.38. The molecule has 0 radical (unpaired) electrons. The van der Waals surface area contributed by atoms with Crippen LogP contribution in [-0.4, -0.2) is 41.9 Å². The maximum Gasteiger partial charge on any atom is 0.227 e. The van der Waals surface area contributed by atoms with Crippen molar-refractivity contribution in [3.8, 4) is 0 Å². The summed E-state index contributed by atoms with van der Waals surface area (Å²) in [4.78, 5) is 17.8. The lowest BCUT2D eigenvalue weighted by atomic mass is 9.82. The number of likely N-dealkylation sites (tertiary alicyclic amines) is 1. The Labute approximate surface area is 177 Å². The number of halogens is 2. The van der Waals surface area contributed by atoms with E-state index in [-0.39, 0.29) is 11.9 Å². The van der Waals surface area contributed by atoms with Crippen LogP contribution >= 0.6 is 23.2 Å². The lowest BCUT2D eigenvalue weighted by Crippen LogP contribution is -2.48. The summed E-state index contributed by atoms with van der Waals surface area (Å²) >= 11 is 12.2. The molecular weight excluding hydrogens is 391 g/mol. The molecule has 148 valence electrons. The predicted octanol–water partition coefficient (Wildman–Crippen LogP) is 5.15. The molecule has 0 saturated carbocycles. The van der Waals surface area contributed by atoms with E-state index in [1.54, 1.807) is 12.1 Å². The molecule has 1 fully saturated rings. The molecule has 1 saturated heterocycles. The Hall–Kier alpha value is -1.55. The Kier molecular flexibility index (Phi) is 5.96. The van der Waals surface area contributed by atoms with Gasteiger partial charge in [-0.1, -0.05) is 53.5 Å². The average molecular weight is 417 g/mol. The van der Waals surface area contributed by atoms with Crippen molar-refractivity contribution >= 4 is 29.1 Å². The molecule has 4 rings (SSSR count). The van der Waals surface area contributed by atoms with Gasteiger partial charge in [0.15, 0.2) is 0 Å². The Bertz CT molecular complexity index is 863. The molecular formula is C23H26Cl2N2O. The summed E-state index contributed by atoms with van der Waals surface area (Å²) in [5.41, 5.74) is 3.57. The van der Waals surface area contributed by atoms with Crippen molar-refractivity contribution in [2.24, 2.45) is 0 Å². The lowest BCUT2D eigenvalue weighted by Gasteiger charge is -2.43. The van der Waals surface area contributed by atoms with Crippen LogP contribution in [0.25, 0.3) is 0 Å². The van der Waals surface area contributed by atoms with Crippen LogP contribution < -0.4 is 0 Å². The van der Waals surface area contributed by atoms with Gasteiger partial charge in [0.2, 0.25) is 5.91 Å². The van der Waals surface area contributed by atoms with Crippen LogP contribution in [-0.2, 0) is 17.6 Å². The highest BCUT2D eigenvalue weighted by atomic mass is 35.5. The van der Waals surface area contributed by atoms with Crippen molar-refractivity contribution in [2.45, 2.75) is 44.2 Å². The highest BCUT2D eigenvalue weighted by Gasteiger charge is 2.38. The fraction of sp³-hybridized carbons (Fsp3) is 0.435. The second kappa shape index (κ2) is 8.44. The van der Waals surface area contributed by atoms with Gasteiger partial charge < -0.3 is 4.90 Å². The first-order valence-electron chi connectivity index (χ1n) is 10.1. The molecule has 1 aliphatic carbocycles. The molecule has 0 N–H and O–H groups in total. The summed E-state index contributed by atoms with van der Waals surface area (Å²) in [5.74, 6) is 0.115. The minimum Gasteiger partial charge on any atom is -0.337 e. The molecule has 2 aliphatic rings. The van der Waals surface area contributed by atoms with Gasteiger partial charge in [-0.25, -0.2) is 0 Å². The predicted molar refractivity (Wildman–Crippen MR) is 115 cm³/mol. The van der Waals surface area contributed by atoms with Crippen molar-refractivity contribution in [1.29, 1.82) is 0 Å². The van der Waals surface area contributed by atoms with Crippen LogP contribution in [0.1, 0.15) is 42.0 Å². The van der Waals surface area contributed by atoms with Gasteiger partial charge in [0.05, 0.1) is 22.5 Å². The molecule has 2 unspecified atom stereocenters. The van der Waals surface area contributed by atoms with Gasteiger partial charge in [-0.05, 0) is 67.6 Å². The molecule has 2 atom stereocenters. The summed E-state index contributed by atoms with van der Waals surface area (Å²) in [6.07, 6.45) is 5.03. The van der Waals surface area contributed by atoms with E-state index < -0.39 is 0 Å². The Balaban J connectivity index is 1.60. The third kappa shape index (κ3) is 3.94. The fourth-order valence-corrected chi connectivity index (χ4v) is 5.07. The second-order valence-electron chi connectivity index (χ2n) is 7.92. The van der Waals surface area contributed by atoms with Crippen molar-refractivity contribution in [3.63, 3.8) is 0 Å². The van der Waals surface area contributed by atoms with Crippen LogP contribution in [0.15, 0.2) is 42.5 Å². The number of carbonyl (C=O) groups is 1. The van der Waals surface area contributed by atoms with Crippen LogP contribution in [0, 0.1) is 0 Å². The average Bonchev–Trinajstić information content (AvgIpc) is 3.24. The molecule has 1 amide bonds. The number of rotatable bonds is 4. The minimum absolute atomic E-state index is 0.0957. The normalized spacial score (nSPS) is 22.1. The van der Waals surface area contributed by atoms with Crippen molar-refractivity contribution in [1.82, 2.24) is 9.80 Å². The van der Waals surface area contributed by atoms with Crippen LogP contribution in [0.3, 0.4) is 0 Å². The molecule has 2 aromatic rings. The third-order valence-electron chi connectivity index (χ3n) is 6.21. The van der Waals surface area contributed by atoms with Crippen molar-refractivity contribution < 1.29 is 4.79 Å². The quantitative estimate of drug-likeness (QED) is 0.687. The molecule has 1 heterocycles. The summed E-state index contributed by atoms with van der Waals surface area (Å²) in [6, 6.07) is 14.5. The van der Waals surface area contributed by atoms with E-state index in [1.807, 2.05) is 18.0 Å². The lowest BCUT2D eigenvalue weighted by molar-refractivity contribution is -0.133. The largest absolute Gasteiger partial charge is 0.337 e. The van der Waals surface area contributed by atoms with Crippen molar-refractivity contribution in [3.05, 3.63) is 69.2 Å². The zero-order valence-corrected chi connectivity index (χ0v) is 17.7. The zero-order valence-electron chi connectivity index (χ0n) is 16.2. The van der Waals surface area contributed by atoms with Gasteiger partial charge in [-0.15, -0.1) is 0 Å². The summed E-state index contributed by atoms with van der Waals surface area (Å²) in [7, 11) is 1.95. The van der Waals surface area contributed by atoms with Gasteiger partial charge in [0.25, 0.3) is 0 Å². The van der Waals surface area contributed by atoms with Crippen molar-refractivity contribution in [2.75, 3.05) is 20.1 Å². The number of hydrogen-bond acceptors (Lipinski definition) is 2. The van der Waals surface area contributed by atoms with E-state index in [0.29, 0.717) is 22.5 Å². The van der Waals surface area contributed by atoms with E-state index >= 15 is 0 Å². The minimum atomic E-state index is 0.0957. The van der Waals surface area contributed by atoms with Gasteiger partial charge in [0.1, 0.15) is 0 Å². The van der Waals surface area contributed by atoms with Crippen LogP contribution in [0.4, 0.5) is 0 Å². The van der Waals surface area contributed by atoms with Gasteiger partial charge in [-0.2, -0.15) is 0 Å². The number of likely N-dealkylation sites (N-methyl/N-ethyl adjacent to an activating group) is 1. The number of fused-ring (bicyclic) bond motifs is 1. The molecule has 0 bridgehead atoms. The number of benzene rings is 2. The Morgan fingerprint density at radius 3 is 2.61 bits per heavy atom. The highest BCUT2D eigenvalue weighted by molar-refractivity contribution is 6.42. The Morgan fingerprint density at radius 2 is 1.86 bits per heavy atom. The fourth-order valence-electron chi connectivity index (χ4n) is 4.75.